The molecule has 0 atom stereocenters. The average Bonchev–Trinajstić information content (AvgIpc) is 3.54. The minimum atomic E-state index is -0.173. The molecule has 2 aromatic carbocycles. The van der Waals surface area contributed by atoms with Crippen molar-refractivity contribution in [3.63, 3.8) is 0 Å². The van der Waals surface area contributed by atoms with Crippen molar-refractivity contribution in [2.75, 3.05) is 11.9 Å². The average molecular weight is 483 g/mol. The summed E-state index contributed by atoms with van der Waals surface area (Å²) in [5.74, 6) is 1.49. The first-order chi connectivity index (χ1) is 17.5. The van der Waals surface area contributed by atoms with Gasteiger partial charge in [0.25, 0.3) is 5.91 Å². The minimum Gasteiger partial charge on any atom is -0.484 e. The summed E-state index contributed by atoms with van der Waals surface area (Å²) >= 11 is 0. The summed E-state index contributed by atoms with van der Waals surface area (Å²) < 4.78 is 7.54. The maximum atomic E-state index is 12.0. The van der Waals surface area contributed by atoms with E-state index in [0.717, 1.165) is 22.4 Å². The Labute approximate surface area is 207 Å². The highest BCUT2D eigenvalue weighted by molar-refractivity contribution is 5.87. The molecule has 3 N–H and O–H groups in total. The summed E-state index contributed by atoms with van der Waals surface area (Å²) in [6.07, 6.45) is 5.35. The number of hydrogen-bond acceptors (Lipinski definition) is 7. The number of anilines is 2. The summed E-state index contributed by atoms with van der Waals surface area (Å²) in [6.45, 7) is 3.75. The van der Waals surface area contributed by atoms with E-state index in [0.29, 0.717) is 28.6 Å². The van der Waals surface area contributed by atoms with Crippen LogP contribution in [0.2, 0.25) is 0 Å². The fourth-order valence-electron chi connectivity index (χ4n) is 3.75. The van der Waals surface area contributed by atoms with Crippen LogP contribution in [0.1, 0.15) is 13.8 Å². The highest BCUT2D eigenvalue weighted by atomic mass is 16.5. The van der Waals surface area contributed by atoms with Gasteiger partial charge in [-0.1, -0.05) is 24.3 Å². The number of aromatic amines is 1. The lowest BCUT2D eigenvalue weighted by Gasteiger charge is -2.11. The number of benzene rings is 2. The summed E-state index contributed by atoms with van der Waals surface area (Å²) in [5, 5.41) is 13.0. The number of imidazole rings is 1. The molecule has 0 saturated carbocycles. The van der Waals surface area contributed by atoms with Crippen molar-refractivity contribution in [1.29, 1.82) is 0 Å². The van der Waals surface area contributed by atoms with E-state index in [-0.39, 0.29) is 18.6 Å². The Hall–Kier alpha value is -4.73. The molecule has 182 valence electrons. The third-order valence-corrected chi connectivity index (χ3v) is 5.45. The third kappa shape index (κ3) is 5.02. The molecule has 0 bridgehead atoms. The Kier molecular flexibility index (Phi) is 6.31. The fourth-order valence-corrected chi connectivity index (χ4v) is 3.75. The molecular formula is C26H26N8O2. The van der Waals surface area contributed by atoms with Gasteiger partial charge < -0.3 is 19.9 Å². The Balaban J connectivity index is 1.42. The standard InChI is InChI=1S/C26H26N8O2/c1-16(2)30-22(35)14-36-21-6-4-5-18(11-21)24-32-25(23-26(33-24)34(3)15-27-23)31-20-9-7-17(8-10-20)19-12-28-29-13-19/h4-13,15-16H,14H2,1-3H3,(H,28,29)(H,30,35)(H,31,32,33). The van der Waals surface area contributed by atoms with Crippen LogP contribution < -0.4 is 15.4 Å². The lowest BCUT2D eigenvalue weighted by Crippen LogP contribution is -2.34. The molecule has 1 amide bonds. The number of fused-ring (bicyclic) bond motifs is 1. The summed E-state index contributed by atoms with van der Waals surface area (Å²) in [4.78, 5) is 26.0. The molecule has 0 aliphatic heterocycles. The van der Waals surface area contributed by atoms with E-state index in [1.807, 2.05) is 74.1 Å². The third-order valence-electron chi connectivity index (χ3n) is 5.45. The lowest BCUT2D eigenvalue weighted by molar-refractivity contribution is -0.123. The van der Waals surface area contributed by atoms with Crippen LogP contribution in [0.3, 0.4) is 0 Å². The molecule has 36 heavy (non-hydrogen) atoms. The van der Waals surface area contributed by atoms with Gasteiger partial charge in [0.1, 0.15) is 5.75 Å². The van der Waals surface area contributed by atoms with E-state index in [1.54, 1.807) is 18.6 Å². The molecular weight excluding hydrogens is 456 g/mol. The van der Waals surface area contributed by atoms with Gasteiger partial charge in [0.2, 0.25) is 0 Å². The topological polar surface area (TPSA) is 123 Å². The molecule has 5 rings (SSSR count). The number of carbonyl (C=O) groups excluding carboxylic acids is 1. The number of ether oxygens (including phenoxy) is 1. The van der Waals surface area contributed by atoms with E-state index >= 15 is 0 Å². The number of carbonyl (C=O) groups is 1. The number of aromatic nitrogens is 6. The van der Waals surface area contributed by atoms with Crippen LogP contribution in [0.5, 0.6) is 5.75 Å². The first kappa shape index (κ1) is 23.0. The fraction of sp³-hybridized carbons (Fsp3) is 0.192. The molecule has 0 radical (unpaired) electrons. The summed E-state index contributed by atoms with van der Waals surface area (Å²) in [7, 11) is 1.89. The van der Waals surface area contributed by atoms with Gasteiger partial charge >= 0.3 is 0 Å². The van der Waals surface area contributed by atoms with E-state index in [9.17, 15) is 4.79 Å². The van der Waals surface area contributed by atoms with Crippen molar-refractivity contribution in [3.8, 4) is 28.3 Å². The number of rotatable bonds is 8. The molecule has 3 heterocycles. The SMILES string of the molecule is CC(C)NC(=O)COc1cccc(-c2nc(Nc3ccc(-c4cn[nH]c4)cc3)c3ncn(C)c3n2)c1. The first-order valence-corrected chi connectivity index (χ1v) is 11.5. The molecule has 0 aliphatic rings. The van der Waals surface area contributed by atoms with E-state index in [1.165, 1.54) is 0 Å². The number of nitrogens with zero attached hydrogens (tertiary/aromatic N) is 5. The summed E-state index contributed by atoms with van der Waals surface area (Å²) in [5.41, 5.74) is 5.06. The normalized spacial score (nSPS) is 11.1. The zero-order valence-corrected chi connectivity index (χ0v) is 20.2. The molecule has 10 nitrogen and oxygen atoms in total. The number of nitrogens with one attached hydrogen (secondary N) is 3. The van der Waals surface area contributed by atoms with E-state index < -0.39 is 0 Å². The Morgan fingerprint density at radius 3 is 2.67 bits per heavy atom. The molecule has 10 heteroatoms. The van der Waals surface area contributed by atoms with Crippen LogP contribution in [0, 0.1) is 0 Å². The zero-order chi connectivity index (χ0) is 25.1. The van der Waals surface area contributed by atoms with Gasteiger partial charge in [0, 0.05) is 36.1 Å². The van der Waals surface area contributed by atoms with Gasteiger partial charge in [0.15, 0.2) is 29.4 Å². The molecule has 0 spiro atoms. The van der Waals surface area contributed by atoms with Gasteiger partial charge in [0.05, 0.1) is 12.5 Å². The van der Waals surface area contributed by atoms with Crippen LogP contribution in [0.4, 0.5) is 11.5 Å². The highest BCUT2D eigenvalue weighted by Crippen LogP contribution is 2.29. The first-order valence-electron chi connectivity index (χ1n) is 11.5. The quantitative estimate of drug-likeness (QED) is 0.305. The monoisotopic (exact) mass is 482 g/mol. The van der Waals surface area contributed by atoms with Crippen LogP contribution in [0.15, 0.2) is 67.3 Å². The second-order valence-corrected chi connectivity index (χ2v) is 8.65. The van der Waals surface area contributed by atoms with Crippen molar-refractivity contribution in [2.45, 2.75) is 19.9 Å². The second kappa shape index (κ2) is 9.87. The Morgan fingerprint density at radius 1 is 1.08 bits per heavy atom. The van der Waals surface area contributed by atoms with Crippen molar-refractivity contribution in [1.82, 2.24) is 35.0 Å². The second-order valence-electron chi connectivity index (χ2n) is 8.65. The van der Waals surface area contributed by atoms with Gasteiger partial charge in [-0.15, -0.1) is 0 Å². The number of hydrogen-bond donors (Lipinski definition) is 3. The van der Waals surface area contributed by atoms with Gasteiger partial charge in [-0.3, -0.25) is 9.89 Å². The number of aryl methyl sites for hydroxylation is 1. The van der Waals surface area contributed by atoms with E-state index in [2.05, 4.69) is 25.8 Å². The number of H-pyrrole nitrogens is 1. The molecule has 0 fully saturated rings. The van der Waals surface area contributed by atoms with Crippen LogP contribution >= 0.6 is 0 Å². The molecule has 3 aromatic heterocycles. The van der Waals surface area contributed by atoms with Crippen molar-refractivity contribution >= 4 is 28.6 Å². The highest BCUT2D eigenvalue weighted by Gasteiger charge is 2.15. The largest absolute Gasteiger partial charge is 0.484 e. The van der Waals surface area contributed by atoms with Gasteiger partial charge in [-0.05, 0) is 43.7 Å². The zero-order valence-electron chi connectivity index (χ0n) is 20.2. The maximum Gasteiger partial charge on any atom is 0.258 e. The maximum absolute atomic E-state index is 12.0. The Bertz CT molecular complexity index is 1490. The van der Waals surface area contributed by atoms with Crippen molar-refractivity contribution in [3.05, 3.63) is 67.3 Å². The predicted octanol–water partition coefficient (Wildman–Crippen LogP) is 4.07. The molecule has 0 saturated heterocycles. The Morgan fingerprint density at radius 2 is 1.92 bits per heavy atom. The lowest BCUT2D eigenvalue weighted by atomic mass is 10.1. The van der Waals surface area contributed by atoms with Crippen molar-refractivity contribution < 1.29 is 9.53 Å². The molecule has 5 aromatic rings. The molecule has 0 aliphatic carbocycles. The minimum absolute atomic E-state index is 0.0548. The smallest absolute Gasteiger partial charge is 0.258 e. The predicted molar refractivity (Wildman–Crippen MR) is 138 cm³/mol. The summed E-state index contributed by atoms with van der Waals surface area (Å²) in [6, 6.07) is 15.4. The number of amides is 1. The van der Waals surface area contributed by atoms with Crippen LogP contribution in [-0.4, -0.2) is 48.3 Å². The molecule has 0 unspecified atom stereocenters. The van der Waals surface area contributed by atoms with Crippen LogP contribution in [0.25, 0.3) is 33.7 Å². The van der Waals surface area contributed by atoms with Crippen molar-refractivity contribution in [2.24, 2.45) is 7.05 Å². The van der Waals surface area contributed by atoms with E-state index in [4.69, 9.17) is 14.7 Å². The van der Waals surface area contributed by atoms with Gasteiger partial charge in [-0.2, -0.15) is 5.10 Å². The van der Waals surface area contributed by atoms with Crippen LogP contribution in [-0.2, 0) is 11.8 Å². The van der Waals surface area contributed by atoms with Gasteiger partial charge in [-0.25, -0.2) is 15.0 Å².